The number of aromatic nitrogens is 2. The van der Waals surface area contributed by atoms with E-state index >= 15 is 0 Å². The lowest BCUT2D eigenvalue weighted by Crippen LogP contribution is -2.29. The molecule has 11 heteroatoms. The Bertz CT molecular complexity index is 1560. The number of anilines is 1. The minimum Gasteiger partial charge on any atom is -0.442 e. The van der Waals surface area contributed by atoms with Crippen molar-refractivity contribution < 1.29 is 27.5 Å². The van der Waals surface area contributed by atoms with Crippen LogP contribution in [0, 0.1) is 0 Å². The Labute approximate surface area is 219 Å². The number of aryl methyl sites for hydroxylation is 1. The molecule has 0 saturated heterocycles. The SMILES string of the molecule is CCCn1nc(C(=O)O[C@@H](C(=O)Nc2cc(C(F)(F)F)ccc2Cl)c2ccccc2)c2ccccc2c1=O. The third-order valence-electron chi connectivity index (χ3n) is 5.61. The molecular formula is C27H21ClF3N3O4. The van der Waals surface area contributed by atoms with Crippen molar-refractivity contribution in [3.63, 3.8) is 0 Å². The number of halogens is 4. The summed E-state index contributed by atoms with van der Waals surface area (Å²) in [5.41, 5.74) is -1.62. The average Bonchev–Trinajstić information content (AvgIpc) is 2.90. The Balaban J connectivity index is 1.72. The Morgan fingerprint density at radius 3 is 2.34 bits per heavy atom. The largest absolute Gasteiger partial charge is 0.442 e. The van der Waals surface area contributed by atoms with Crippen molar-refractivity contribution in [1.82, 2.24) is 9.78 Å². The van der Waals surface area contributed by atoms with E-state index in [1.54, 1.807) is 36.4 Å². The number of hydrogen-bond donors (Lipinski definition) is 1. The van der Waals surface area contributed by atoms with Gasteiger partial charge in [-0.2, -0.15) is 18.3 Å². The van der Waals surface area contributed by atoms with Crippen molar-refractivity contribution in [2.45, 2.75) is 32.2 Å². The Hall–Kier alpha value is -4.18. The normalized spacial score (nSPS) is 12.2. The summed E-state index contributed by atoms with van der Waals surface area (Å²) in [7, 11) is 0. The summed E-state index contributed by atoms with van der Waals surface area (Å²) in [6, 6.07) is 16.8. The fourth-order valence-electron chi connectivity index (χ4n) is 3.81. The second-order valence-electron chi connectivity index (χ2n) is 8.30. The highest BCUT2D eigenvalue weighted by Gasteiger charge is 2.32. The van der Waals surface area contributed by atoms with E-state index in [4.69, 9.17) is 16.3 Å². The van der Waals surface area contributed by atoms with Crippen LogP contribution in [0.5, 0.6) is 0 Å². The van der Waals surface area contributed by atoms with Gasteiger partial charge in [-0.25, -0.2) is 9.48 Å². The van der Waals surface area contributed by atoms with E-state index in [-0.39, 0.29) is 44.8 Å². The standard InChI is InChI=1S/C27H21ClF3N3O4/c1-2-14-34-25(36)19-11-7-6-10-18(19)22(33-34)26(37)38-23(16-8-4-3-5-9-16)24(35)32-21-15-17(27(29,30)31)12-13-20(21)28/h3-13,15,23H,2,14H2,1H3,(H,32,35)/t23-/m1/s1. The van der Waals surface area contributed by atoms with Crippen molar-refractivity contribution in [2.75, 3.05) is 5.32 Å². The van der Waals surface area contributed by atoms with Crippen LogP contribution in [0.25, 0.3) is 10.8 Å². The second-order valence-corrected chi connectivity index (χ2v) is 8.71. The number of benzene rings is 3. The third kappa shape index (κ3) is 5.70. The van der Waals surface area contributed by atoms with Crippen molar-refractivity contribution in [2.24, 2.45) is 0 Å². The first-order valence-electron chi connectivity index (χ1n) is 11.5. The molecule has 1 N–H and O–H groups in total. The highest BCUT2D eigenvalue weighted by molar-refractivity contribution is 6.33. The molecule has 0 aliphatic rings. The van der Waals surface area contributed by atoms with Gasteiger partial charge in [0.15, 0.2) is 5.69 Å². The number of rotatable bonds is 7. The zero-order valence-corrected chi connectivity index (χ0v) is 20.7. The van der Waals surface area contributed by atoms with Crippen LogP contribution in [0.15, 0.2) is 77.6 Å². The summed E-state index contributed by atoms with van der Waals surface area (Å²) >= 11 is 6.04. The Morgan fingerprint density at radius 1 is 1.03 bits per heavy atom. The maximum atomic E-state index is 13.4. The Kier molecular flexibility index (Phi) is 7.82. The van der Waals surface area contributed by atoms with Crippen LogP contribution in [-0.4, -0.2) is 21.7 Å². The zero-order valence-electron chi connectivity index (χ0n) is 20.0. The van der Waals surface area contributed by atoms with Gasteiger partial charge in [0, 0.05) is 17.5 Å². The van der Waals surface area contributed by atoms with Crippen molar-refractivity contribution in [3.05, 3.63) is 105 Å². The first-order valence-corrected chi connectivity index (χ1v) is 11.9. The van der Waals surface area contributed by atoms with Gasteiger partial charge < -0.3 is 10.1 Å². The molecule has 1 heterocycles. The number of amides is 1. The average molecular weight is 544 g/mol. The van der Waals surface area contributed by atoms with E-state index in [0.717, 1.165) is 16.8 Å². The van der Waals surface area contributed by atoms with Crippen LogP contribution < -0.4 is 10.9 Å². The van der Waals surface area contributed by atoms with Crippen molar-refractivity contribution >= 4 is 39.9 Å². The number of fused-ring (bicyclic) bond motifs is 1. The van der Waals surface area contributed by atoms with Gasteiger partial charge >= 0.3 is 12.1 Å². The number of esters is 1. The molecule has 4 aromatic rings. The van der Waals surface area contributed by atoms with Crippen molar-refractivity contribution in [3.8, 4) is 0 Å². The first kappa shape index (κ1) is 26.9. The van der Waals surface area contributed by atoms with E-state index in [1.807, 2.05) is 6.92 Å². The fourth-order valence-corrected chi connectivity index (χ4v) is 3.97. The van der Waals surface area contributed by atoms with E-state index in [9.17, 15) is 27.6 Å². The van der Waals surface area contributed by atoms with Crippen LogP contribution in [-0.2, 0) is 22.3 Å². The fraction of sp³-hybridized carbons (Fsp3) is 0.185. The van der Waals surface area contributed by atoms with Gasteiger partial charge in [0.2, 0.25) is 6.10 Å². The van der Waals surface area contributed by atoms with E-state index in [0.29, 0.717) is 12.5 Å². The molecule has 4 rings (SSSR count). The predicted octanol–water partition coefficient (Wildman–Crippen LogP) is 6.02. The van der Waals surface area contributed by atoms with Gasteiger partial charge in [-0.05, 0) is 30.7 Å². The molecule has 0 aliphatic heterocycles. The van der Waals surface area contributed by atoms with Gasteiger partial charge in [0.25, 0.3) is 11.5 Å². The van der Waals surface area contributed by atoms with Gasteiger partial charge in [0.05, 0.1) is 21.7 Å². The molecule has 3 aromatic carbocycles. The molecule has 38 heavy (non-hydrogen) atoms. The number of alkyl halides is 3. The molecular weight excluding hydrogens is 523 g/mol. The zero-order chi connectivity index (χ0) is 27.4. The van der Waals surface area contributed by atoms with Crippen LogP contribution in [0.4, 0.5) is 18.9 Å². The molecule has 1 amide bonds. The highest BCUT2D eigenvalue weighted by atomic mass is 35.5. The van der Waals surface area contributed by atoms with Crippen LogP contribution in [0.2, 0.25) is 5.02 Å². The lowest BCUT2D eigenvalue weighted by Gasteiger charge is -2.19. The number of carbonyl (C=O) groups excluding carboxylic acids is 2. The minimum absolute atomic E-state index is 0.135. The van der Waals surface area contributed by atoms with Gasteiger partial charge in [-0.15, -0.1) is 0 Å². The maximum absolute atomic E-state index is 13.4. The molecule has 0 radical (unpaired) electrons. The van der Waals surface area contributed by atoms with Gasteiger partial charge in [-0.1, -0.05) is 67.1 Å². The quantitative estimate of drug-likeness (QED) is 0.288. The van der Waals surface area contributed by atoms with Crippen LogP contribution in [0.3, 0.4) is 0 Å². The van der Waals surface area contributed by atoms with E-state index in [1.165, 1.54) is 18.2 Å². The van der Waals surface area contributed by atoms with Gasteiger partial charge in [-0.3, -0.25) is 9.59 Å². The number of nitrogens with one attached hydrogen (secondary N) is 1. The lowest BCUT2D eigenvalue weighted by molar-refractivity contribution is -0.137. The Morgan fingerprint density at radius 2 is 1.68 bits per heavy atom. The summed E-state index contributed by atoms with van der Waals surface area (Å²) < 4.78 is 46.4. The van der Waals surface area contributed by atoms with Crippen molar-refractivity contribution in [1.29, 1.82) is 0 Å². The van der Waals surface area contributed by atoms with Crippen LogP contribution in [0.1, 0.15) is 41.1 Å². The number of ether oxygens (including phenoxy) is 1. The summed E-state index contributed by atoms with van der Waals surface area (Å²) in [5.74, 6) is -1.93. The second kappa shape index (κ2) is 11.1. The topological polar surface area (TPSA) is 90.3 Å². The summed E-state index contributed by atoms with van der Waals surface area (Å²) in [5, 5.41) is 6.87. The molecule has 1 aromatic heterocycles. The summed E-state index contributed by atoms with van der Waals surface area (Å²) in [6.45, 7) is 2.09. The minimum atomic E-state index is -4.66. The molecule has 7 nitrogen and oxygen atoms in total. The molecule has 1 atom stereocenters. The highest BCUT2D eigenvalue weighted by Crippen LogP contribution is 2.34. The first-order chi connectivity index (χ1) is 18.1. The smallest absolute Gasteiger partial charge is 0.416 e. The third-order valence-corrected chi connectivity index (χ3v) is 5.94. The molecule has 0 unspecified atom stereocenters. The number of carbonyl (C=O) groups is 2. The summed E-state index contributed by atoms with van der Waals surface area (Å²) in [4.78, 5) is 39.4. The molecule has 0 bridgehead atoms. The van der Waals surface area contributed by atoms with E-state index in [2.05, 4.69) is 10.4 Å². The molecule has 196 valence electrons. The number of hydrogen-bond acceptors (Lipinski definition) is 5. The van der Waals surface area contributed by atoms with E-state index < -0.39 is 29.7 Å². The maximum Gasteiger partial charge on any atom is 0.416 e. The monoisotopic (exact) mass is 543 g/mol. The molecule has 0 fully saturated rings. The summed E-state index contributed by atoms with van der Waals surface area (Å²) in [6.07, 6.45) is -5.66. The molecule has 0 spiro atoms. The molecule has 0 saturated carbocycles. The van der Waals surface area contributed by atoms with Crippen LogP contribution >= 0.6 is 11.6 Å². The lowest BCUT2D eigenvalue weighted by atomic mass is 10.1. The predicted molar refractivity (Wildman–Crippen MR) is 136 cm³/mol. The molecule has 0 aliphatic carbocycles. The number of nitrogens with zero attached hydrogens (tertiary/aromatic N) is 2. The van der Waals surface area contributed by atoms with Gasteiger partial charge in [0.1, 0.15) is 0 Å².